The van der Waals surface area contributed by atoms with E-state index >= 15 is 0 Å². The molecule has 1 nitrogen and oxygen atoms in total. The van der Waals surface area contributed by atoms with Crippen LogP contribution in [0.5, 0.6) is 0 Å². The molecule has 84 valence electrons. The Hall–Kier alpha value is -1.42. The van der Waals surface area contributed by atoms with E-state index in [4.69, 9.17) is 12.2 Å². The Labute approximate surface area is 82.8 Å². The van der Waals surface area contributed by atoms with Crippen LogP contribution in [0.15, 0.2) is 23.1 Å². The van der Waals surface area contributed by atoms with Gasteiger partial charge < -0.3 is 5.73 Å². The lowest BCUT2D eigenvalue weighted by Crippen LogP contribution is -2.06. The second-order valence-electron chi connectivity index (χ2n) is 2.86. The lowest BCUT2D eigenvalue weighted by molar-refractivity contribution is 0.364. The third-order valence-corrected chi connectivity index (χ3v) is 2.77. The number of terminal acetylenes is 1. The quantitative estimate of drug-likeness (QED) is 0.451. The van der Waals surface area contributed by atoms with Crippen LogP contribution in [0.1, 0.15) is 5.56 Å². The van der Waals surface area contributed by atoms with Crippen LogP contribution in [0.2, 0.25) is 0 Å². The summed E-state index contributed by atoms with van der Waals surface area (Å²) in [5.41, 5.74) is 4.64. The van der Waals surface area contributed by atoms with Crippen molar-refractivity contribution >= 4 is 15.9 Å². The molecule has 15 heavy (non-hydrogen) atoms. The van der Waals surface area contributed by atoms with E-state index in [1.54, 1.807) is 5.92 Å². The first-order chi connectivity index (χ1) is 6.44. The molecule has 0 aliphatic rings. The Morgan fingerprint density at radius 1 is 1.13 bits per heavy atom. The lowest BCUT2D eigenvalue weighted by atomic mass is 10.2. The average Bonchev–Trinajstić information content (AvgIpc) is 2.00. The summed E-state index contributed by atoms with van der Waals surface area (Å²) < 4.78 is 61.4. The molecular weight excluding hydrogens is 237 g/mol. The molecular formula is C8H6F5NS. The normalized spacial score (nSPS) is 16.3. The first kappa shape index (κ1) is 11.7. The van der Waals surface area contributed by atoms with Crippen molar-refractivity contribution in [1.29, 1.82) is 0 Å². The van der Waals surface area contributed by atoms with E-state index in [0.717, 1.165) is 0 Å². The van der Waals surface area contributed by atoms with Crippen molar-refractivity contribution in [1.82, 2.24) is 0 Å². The van der Waals surface area contributed by atoms with Crippen LogP contribution in [-0.2, 0) is 0 Å². The minimum atomic E-state index is -9.66. The number of anilines is 1. The molecule has 0 saturated carbocycles. The zero-order valence-electron chi connectivity index (χ0n) is 7.18. The molecule has 0 saturated heterocycles. The van der Waals surface area contributed by atoms with Crippen LogP contribution in [0.3, 0.4) is 0 Å². The SMILES string of the molecule is C#Cc1cc(S(F)(F)(F)(F)F)ccc1N. The number of benzene rings is 1. The summed E-state index contributed by atoms with van der Waals surface area (Å²) in [6, 6.07) is 1.11. The predicted octanol–water partition coefficient (Wildman–Crippen LogP) is 3.91. The number of rotatable bonds is 1. The van der Waals surface area contributed by atoms with Gasteiger partial charge in [-0.1, -0.05) is 25.3 Å². The minimum absolute atomic E-state index is 0.150. The Morgan fingerprint density at radius 3 is 2.07 bits per heavy atom. The molecule has 2 N–H and O–H groups in total. The van der Waals surface area contributed by atoms with Crippen LogP contribution in [0.4, 0.5) is 25.1 Å². The van der Waals surface area contributed by atoms with E-state index in [2.05, 4.69) is 0 Å². The summed E-state index contributed by atoms with van der Waals surface area (Å²) in [5.74, 6) is 1.80. The van der Waals surface area contributed by atoms with Crippen molar-refractivity contribution in [2.45, 2.75) is 4.90 Å². The van der Waals surface area contributed by atoms with Crippen LogP contribution in [0, 0.1) is 12.3 Å². The molecule has 0 unspecified atom stereocenters. The van der Waals surface area contributed by atoms with E-state index in [9.17, 15) is 19.4 Å². The molecule has 0 heterocycles. The van der Waals surface area contributed by atoms with Crippen molar-refractivity contribution in [3.63, 3.8) is 0 Å². The molecule has 1 rings (SSSR count). The predicted molar refractivity (Wildman–Crippen MR) is 50.2 cm³/mol. The first-order valence-electron chi connectivity index (χ1n) is 3.54. The maximum atomic E-state index is 12.3. The zero-order chi connectivity index (χ0) is 12.0. The smallest absolute Gasteiger partial charge is 0.310 e. The van der Waals surface area contributed by atoms with E-state index in [-0.39, 0.29) is 17.8 Å². The van der Waals surface area contributed by atoms with Crippen LogP contribution < -0.4 is 5.73 Å². The summed E-state index contributed by atoms with van der Waals surface area (Å²) in [6.07, 6.45) is 4.82. The van der Waals surface area contributed by atoms with Gasteiger partial charge in [0.15, 0.2) is 0 Å². The van der Waals surface area contributed by atoms with Gasteiger partial charge >= 0.3 is 10.2 Å². The Morgan fingerprint density at radius 2 is 1.67 bits per heavy atom. The summed E-state index contributed by atoms with van der Waals surface area (Å²) in [7, 11) is -9.66. The number of hydrogen-bond acceptors (Lipinski definition) is 1. The third kappa shape index (κ3) is 2.53. The molecule has 0 bridgehead atoms. The highest BCUT2D eigenvalue weighted by molar-refractivity contribution is 8.45. The summed E-state index contributed by atoms with van der Waals surface area (Å²) in [5, 5.41) is 0. The summed E-state index contributed by atoms with van der Waals surface area (Å²) in [6.45, 7) is 0. The zero-order valence-corrected chi connectivity index (χ0v) is 8.00. The van der Waals surface area contributed by atoms with Gasteiger partial charge in [0.1, 0.15) is 4.90 Å². The van der Waals surface area contributed by atoms with Gasteiger partial charge in [-0.15, -0.1) is 6.42 Å². The number of nitrogen functional groups attached to an aromatic ring is 1. The second-order valence-corrected chi connectivity index (χ2v) is 5.27. The maximum Gasteiger partial charge on any atom is 0.310 e. The Balaban J connectivity index is 3.52. The highest BCUT2D eigenvalue weighted by Gasteiger charge is 2.65. The molecule has 0 spiro atoms. The Kier molecular flexibility index (Phi) is 1.86. The number of halogens is 5. The number of hydrogen-bond donors (Lipinski definition) is 1. The lowest BCUT2D eigenvalue weighted by Gasteiger charge is -2.40. The summed E-state index contributed by atoms with van der Waals surface area (Å²) >= 11 is 0. The van der Waals surface area contributed by atoms with Gasteiger partial charge in [-0.2, -0.15) is 0 Å². The first-order valence-corrected chi connectivity index (χ1v) is 5.49. The van der Waals surface area contributed by atoms with E-state index in [0.29, 0.717) is 6.07 Å². The van der Waals surface area contributed by atoms with Gasteiger partial charge in [0.2, 0.25) is 0 Å². The summed E-state index contributed by atoms with van der Waals surface area (Å²) in [4.78, 5) is -2.03. The van der Waals surface area contributed by atoms with Gasteiger partial charge in [0, 0.05) is 11.3 Å². The van der Waals surface area contributed by atoms with Gasteiger partial charge in [-0.25, -0.2) is 0 Å². The highest BCUT2D eigenvalue weighted by atomic mass is 32.5. The van der Waals surface area contributed by atoms with Crippen LogP contribution in [-0.4, -0.2) is 0 Å². The fourth-order valence-corrected chi connectivity index (χ4v) is 1.57. The van der Waals surface area contributed by atoms with E-state index in [1.165, 1.54) is 0 Å². The van der Waals surface area contributed by atoms with Crippen molar-refractivity contribution in [2.24, 2.45) is 0 Å². The third-order valence-electron chi connectivity index (χ3n) is 1.63. The van der Waals surface area contributed by atoms with Gasteiger partial charge in [-0.05, 0) is 18.2 Å². The highest BCUT2D eigenvalue weighted by Crippen LogP contribution is 3.02. The van der Waals surface area contributed by atoms with Crippen molar-refractivity contribution in [2.75, 3.05) is 5.73 Å². The topological polar surface area (TPSA) is 26.0 Å². The second kappa shape index (κ2) is 2.39. The van der Waals surface area contributed by atoms with Gasteiger partial charge in [-0.3, -0.25) is 0 Å². The monoisotopic (exact) mass is 243 g/mol. The van der Waals surface area contributed by atoms with E-state index in [1.807, 2.05) is 0 Å². The molecule has 0 amide bonds. The molecule has 1 aromatic rings. The number of nitrogens with two attached hydrogens (primary N) is 1. The fourth-order valence-electron chi connectivity index (χ4n) is 0.900. The molecule has 7 heteroatoms. The van der Waals surface area contributed by atoms with Crippen LogP contribution in [0.25, 0.3) is 0 Å². The van der Waals surface area contributed by atoms with Crippen molar-refractivity contribution in [3.8, 4) is 12.3 Å². The standard InChI is InChI=1S/C8H6F5NS/c1-2-6-5-7(3-4-8(6)14)15(9,10,11,12)13/h1,3-5H,14H2. The molecule has 1 aromatic carbocycles. The maximum absolute atomic E-state index is 12.3. The van der Waals surface area contributed by atoms with Crippen molar-refractivity contribution in [3.05, 3.63) is 23.8 Å². The molecule has 0 aromatic heterocycles. The largest absolute Gasteiger partial charge is 0.398 e. The molecule has 0 atom stereocenters. The Bertz CT molecular complexity index is 455. The molecule has 0 fully saturated rings. The minimum Gasteiger partial charge on any atom is -0.398 e. The fraction of sp³-hybridized carbons (Fsp3) is 0. The molecule has 0 radical (unpaired) electrons. The van der Waals surface area contributed by atoms with Gasteiger partial charge in [0.25, 0.3) is 0 Å². The van der Waals surface area contributed by atoms with Crippen molar-refractivity contribution < 1.29 is 19.4 Å². The molecule has 0 aliphatic carbocycles. The molecule has 0 aliphatic heterocycles. The van der Waals surface area contributed by atoms with Crippen LogP contribution >= 0.6 is 10.2 Å². The van der Waals surface area contributed by atoms with E-state index < -0.39 is 20.7 Å². The van der Waals surface area contributed by atoms with Gasteiger partial charge in [0.05, 0.1) is 0 Å². The average molecular weight is 243 g/mol.